The summed E-state index contributed by atoms with van der Waals surface area (Å²) in [7, 11) is 0. The third-order valence-corrected chi connectivity index (χ3v) is 12.3. The van der Waals surface area contributed by atoms with Gasteiger partial charge in [-0.05, 0) is 0 Å². The Morgan fingerprint density at radius 2 is 0.236 bits per heavy atom. The second-order valence-corrected chi connectivity index (χ2v) is 15.8. The minimum absolute atomic E-state index is 1.25. The summed E-state index contributed by atoms with van der Waals surface area (Å²) in [5.74, 6) is -49.3. The maximum atomic E-state index is 12.2. The Morgan fingerprint density at radius 3 is 0.569 bits per heavy atom. The van der Waals surface area contributed by atoms with E-state index >= 15 is 0 Å². The molecule has 0 unspecified atom stereocenters. The number of aromatic hydroxyl groups is 28. The zero-order chi connectivity index (χ0) is 53.4. The highest BCUT2D eigenvalue weighted by Crippen LogP contribution is 2.70. The lowest BCUT2D eigenvalue weighted by molar-refractivity contribution is 0.346. The van der Waals surface area contributed by atoms with Crippen molar-refractivity contribution in [1.29, 1.82) is 0 Å². The van der Waals surface area contributed by atoms with Crippen molar-refractivity contribution in [2.24, 2.45) is 0 Å². The Labute approximate surface area is 390 Å². The minimum atomic E-state index is -1.95. The predicted molar refractivity (Wildman–Crippen MR) is 237 cm³/mol. The van der Waals surface area contributed by atoms with Gasteiger partial charge in [0.05, 0.1) is 21.7 Å². The molecule has 0 spiro atoms. The molecule has 0 aliphatic carbocycles. The van der Waals surface area contributed by atoms with Gasteiger partial charge < -0.3 is 143 Å². The third-order valence-electron chi connectivity index (χ3n) is 12.3. The van der Waals surface area contributed by atoms with Crippen molar-refractivity contribution in [1.82, 2.24) is 0 Å². The molecule has 9 aromatic rings. The monoisotopic (exact) mass is 1000 g/mol. The van der Waals surface area contributed by atoms with Crippen LogP contribution in [0.5, 0.6) is 161 Å². The van der Waals surface area contributed by atoms with Gasteiger partial charge in [0, 0.05) is 65.5 Å². The van der Waals surface area contributed by atoms with Gasteiger partial charge >= 0.3 is 0 Å². The molecule has 0 heterocycles. The maximum absolute atomic E-state index is 12.2. The summed E-state index contributed by atoms with van der Waals surface area (Å²) >= 11 is 0. The van der Waals surface area contributed by atoms with Crippen LogP contribution in [0.2, 0.25) is 0 Å². The highest BCUT2D eigenvalue weighted by Gasteiger charge is 2.41. The number of hydrogen-bond acceptors (Lipinski definition) is 28. The van der Waals surface area contributed by atoms with E-state index in [2.05, 4.69) is 0 Å². The van der Waals surface area contributed by atoms with Gasteiger partial charge in [-0.3, -0.25) is 0 Å². The van der Waals surface area contributed by atoms with E-state index < -0.39 is 248 Å². The van der Waals surface area contributed by atoms with E-state index in [1.54, 1.807) is 0 Å². The molecular weight excluding hydrogens is 976 g/mol. The normalized spacial score (nSPS) is 11.8. The zero-order valence-corrected chi connectivity index (χ0v) is 34.5. The lowest BCUT2D eigenvalue weighted by Crippen LogP contribution is -1.98. The van der Waals surface area contributed by atoms with Gasteiger partial charge in [0.15, 0.2) is 92.0 Å². The first-order valence-corrected chi connectivity index (χ1v) is 19.3. The van der Waals surface area contributed by atoms with Gasteiger partial charge in [-0.1, -0.05) is 0 Å². The Balaban J connectivity index is 1.67. The first-order valence-electron chi connectivity index (χ1n) is 19.3. The van der Waals surface area contributed by atoms with E-state index in [0.29, 0.717) is 0 Å². The summed E-state index contributed by atoms with van der Waals surface area (Å²) in [5, 5.41) is 300. The van der Waals surface area contributed by atoms with Crippen LogP contribution in [0.3, 0.4) is 0 Å². The average molecular weight is 1000 g/mol. The first kappa shape index (κ1) is 45.8. The lowest BCUT2D eigenvalue weighted by Gasteiger charge is -2.26. The summed E-state index contributed by atoms with van der Waals surface area (Å²) < 4.78 is 0. The van der Waals surface area contributed by atoms with Crippen LogP contribution in [0.1, 0.15) is 0 Å². The molecule has 0 fully saturated rings. The molecule has 9 rings (SSSR count). The largest absolute Gasteiger partial charge is 0.506 e. The van der Waals surface area contributed by atoms with E-state index in [4.69, 9.17) is 0 Å². The number of phenols is 28. The van der Waals surface area contributed by atoms with Crippen molar-refractivity contribution in [3.8, 4) is 194 Å². The Morgan fingerprint density at radius 1 is 0.0833 bits per heavy atom. The smallest absolute Gasteiger partial charge is 0.205 e. The highest BCUT2D eigenvalue weighted by atomic mass is 16.4. The molecular formula is C44H28O28. The number of rotatable bonds is 3. The molecule has 0 saturated carbocycles. The second-order valence-electron chi connectivity index (χ2n) is 15.8. The molecule has 0 radical (unpaired) electrons. The van der Waals surface area contributed by atoms with Crippen LogP contribution in [-0.2, 0) is 0 Å². The Hall–Kier alpha value is -11.3. The zero-order valence-electron chi connectivity index (χ0n) is 34.5. The maximum Gasteiger partial charge on any atom is 0.205 e. The van der Waals surface area contributed by atoms with Crippen molar-refractivity contribution in [2.45, 2.75) is 0 Å². The van der Waals surface area contributed by atoms with Crippen LogP contribution in [-0.4, -0.2) is 143 Å². The predicted octanol–water partition coefficient (Wildman–Crippen LogP) is 4.21. The quantitative estimate of drug-likeness (QED) is 0.0510. The van der Waals surface area contributed by atoms with Crippen molar-refractivity contribution in [3.05, 3.63) is 0 Å². The molecule has 28 heteroatoms. The SMILES string of the molecule is Oc1c(O)c(O)c(-c2c3c(O)c(O)c(O)c(O)c3c(-c3c(O)c(O)c(O)c4c(O)c(O)c(O)c(O)c34)c3c(O)c(O)c(O)c(O)c23)c(-c2c(O)c(O)c3c(O)c(O)c4c(O)c(O)c(O)c(O)c4c3c2O)c1O. The molecule has 0 aromatic heterocycles. The summed E-state index contributed by atoms with van der Waals surface area (Å²) in [4.78, 5) is 0. The average Bonchev–Trinajstić information content (AvgIpc) is 3.35. The van der Waals surface area contributed by atoms with E-state index in [1.165, 1.54) is 0 Å². The lowest BCUT2D eigenvalue weighted by atomic mass is 9.79. The first-order chi connectivity index (χ1) is 33.5. The van der Waals surface area contributed by atoms with Crippen LogP contribution in [0, 0.1) is 0 Å². The fourth-order valence-electron chi connectivity index (χ4n) is 9.02. The summed E-state index contributed by atoms with van der Waals surface area (Å²) in [6, 6.07) is 0. The second kappa shape index (κ2) is 14.1. The van der Waals surface area contributed by atoms with Crippen molar-refractivity contribution in [2.75, 3.05) is 0 Å². The molecule has 0 atom stereocenters. The molecule has 28 nitrogen and oxygen atoms in total. The topological polar surface area (TPSA) is 566 Å². The molecule has 9 aromatic carbocycles. The molecule has 372 valence electrons. The number of fused-ring (bicyclic) bond motifs is 6. The minimum Gasteiger partial charge on any atom is -0.506 e. The Bertz CT molecular complexity index is 4030. The molecule has 0 amide bonds. The molecule has 0 aliphatic heterocycles. The molecule has 0 aliphatic rings. The number of benzene rings is 9. The molecule has 72 heavy (non-hydrogen) atoms. The van der Waals surface area contributed by atoms with Crippen molar-refractivity contribution in [3.63, 3.8) is 0 Å². The van der Waals surface area contributed by atoms with Gasteiger partial charge in [0.25, 0.3) is 0 Å². The standard InChI is InChI=1S/C44H28O28/c45-17-9-12-15(32(60)43(71)42(70)26(12)54)30(58)29(57)14(9)28(56)27(55)13(17)10-7(23(51)39(67)40(68)24(10)52)1-3-5(21(49)37(65)35(63)19(3)47)2(6-4(1)20(48)36(64)38(66)22(6)50)8-11-16(31(59)34(62)18(8)46)33(61)44(72)41(69)25(11)53/h45-72H. The van der Waals surface area contributed by atoms with Crippen LogP contribution in [0.15, 0.2) is 0 Å². The number of hydrogen-bond donors (Lipinski definition) is 28. The summed E-state index contributed by atoms with van der Waals surface area (Å²) in [6.45, 7) is 0. The summed E-state index contributed by atoms with van der Waals surface area (Å²) in [5.41, 5.74) is -9.55. The van der Waals surface area contributed by atoms with Crippen LogP contribution in [0.4, 0.5) is 0 Å². The molecule has 0 bridgehead atoms. The number of phenolic OH excluding ortho intramolecular Hbond substituents is 28. The molecule has 28 N–H and O–H groups in total. The Kier molecular flexibility index (Phi) is 8.98. The van der Waals surface area contributed by atoms with Crippen LogP contribution < -0.4 is 0 Å². The van der Waals surface area contributed by atoms with Gasteiger partial charge in [-0.25, -0.2) is 0 Å². The third kappa shape index (κ3) is 5.05. The van der Waals surface area contributed by atoms with E-state index in [9.17, 15) is 143 Å². The molecule has 0 saturated heterocycles. The van der Waals surface area contributed by atoms with Crippen molar-refractivity contribution >= 4 is 53.9 Å². The van der Waals surface area contributed by atoms with E-state index in [0.717, 1.165) is 0 Å². The van der Waals surface area contributed by atoms with E-state index in [-0.39, 0.29) is 0 Å². The van der Waals surface area contributed by atoms with Gasteiger partial charge in [-0.15, -0.1) is 0 Å². The van der Waals surface area contributed by atoms with Gasteiger partial charge in [-0.2, -0.15) is 0 Å². The van der Waals surface area contributed by atoms with Crippen LogP contribution in [0.25, 0.3) is 87.2 Å². The fraction of sp³-hybridized carbons (Fsp3) is 0. The van der Waals surface area contributed by atoms with Crippen LogP contribution >= 0.6 is 0 Å². The highest BCUT2D eigenvalue weighted by molar-refractivity contribution is 6.34. The van der Waals surface area contributed by atoms with E-state index in [1.807, 2.05) is 0 Å². The summed E-state index contributed by atoms with van der Waals surface area (Å²) in [6.07, 6.45) is 0. The van der Waals surface area contributed by atoms with Gasteiger partial charge in [0.1, 0.15) is 5.75 Å². The van der Waals surface area contributed by atoms with Gasteiger partial charge in [0.2, 0.25) is 63.2 Å². The fourth-order valence-corrected chi connectivity index (χ4v) is 9.02. The van der Waals surface area contributed by atoms with Crippen molar-refractivity contribution < 1.29 is 143 Å².